The average Bonchev–Trinajstić information content (AvgIpc) is 2.39. The number of hydrogen-bond donors (Lipinski definition) is 1. The van der Waals surface area contributed by atoms with Gasteiger partial charge in [-0.25, -0.2) is 4.79 Å². The van der Waals surface area contributed by atoms with Crippen molar-refractivity contribution in [1.82, 2.24) is 0 Å². The lowest BCUT2D eigenvalue weighted by Crippen LogP contribution is -2.22. The highest BCUT2D eigenvalue weighted by Crippen LogP contribution is 2.24. The van der Waals surface area contributed by atoms with Gasteiger partial charge in [-0.15, -0.1) is 0 Å². The van der Waals surface area contributed by atoms with Crippen molar-refractivity contribution in [2.45, 2.75) is 19.4 Å². The van der Waals surface area contributed by atoms with Crippen molar-refractivity contribution in [1.29, 1.82) is 0 Å². The first-order valence-corrected chi connectivity index (χ1v) is 6.26. The molecule has 2 N–H and O–H groups in total. The van der Waals surface area contributed by atoms with E-state index >= 15 is 0 Å². The first-order valence-electron chi connectivity index (χ1n) is 6.26. The highest BCUT2D eigenvalue weighted by molar-refractivity contribution is 5.67. The number of rotatable bonds is 4. The molecular formula is C16H17NO2. The second-order valence-corrected chi connectivity index (χ2v) is 4.47. The zero-order valence-electron chi connectivity index (χ0n) is 10.9. The molecule has 0 aromatic heterocycles. The molecule has 0 aliphatic heterocycles. The van der Waals surface area contributed by atoms with Crippen LogP contribution < -0.4 is 5.73 Å². The molecule has 2 rings (SSSR count). The molecule has 0 fully saturated rings. The van der Waals surface area contributed by atoms with Crippen molar-refractivity contribution in [3.8, 4) is 11.1 Å². The molecule has 2 aromatic rings. The van der Waals surface area contributed by atoms with E-state index in [9.17, 15) is 4.79 Å². The lowest BCUT2D eigenvalue weighted by atomic mass is 9.96. The quantitative estimate of drug-likeness (QED) is 0.910. The van der Waals surface area contributed by atoms with Crippen LogP contribution in [0.5, 0.6) is 0 Å². The maximum Gasteiger partial charge on any atom is 0.404 e. The molecule has 0 aliphatic rings. The topological polar surface area (TPSA) is 52.3 Å². The van der Waals surface area contributed by atoms with Gasteiger partial charge in [0.1, 0.15) is 6.10 Å². The van der Waals surface area contributed by atoms with Gasteiger partial charge in [-0.2, -0.15) is 0 Å². The van der Waals surface area contributed by atoms with Crippen LogP contribution in [-0.4, -0.2) is 12.2 Å². The molecule has 0 heterocycles. The standard InChI is InChI=1S/C16H17NO2/c1-12(19-16(17)18)11-14-9-5-6-10-15(14)13-7-3-2-4-8-13/h2-10,12H,11H2,1H3,(H2,17,18). The zero-order chi connectivity index (χ0) is 13.7. The minimum Gasteiger partial charge on any atom is -0.446 e. The van der Waals surface area contributed by atoms with Crippen LogP contribution in [0.2, 0.25) is 0 Å². The number of nitrogens with two attached hydrogens (primary N) is 1. The molecule has 3 heteroatoms. The molecule has 2 aromatic carbocycles. The van der Waals surface area contributed by atoms with Crippen LogP contribution in [-0.2, 0) is 11.2 Å². The van der Waals surface area contributed by atoms with Crippen LogP contribution in [0.1, 0.15) is 12.5 Å². The Kier molecular flexibility index (Phi) is 4.18. The highest BCUT2D eigenvalue weighted by Gasteiger charge is 2.11. The summed E-state index contributed by atoms with van der Waals surface area (Å²) in [6, 6.07) is 18.3. The fraction of sp³-hybridized carbons (Fsp3) is 0.188. The minimum atomic E-state index is -0.732. The third-order valence-corrected chi connectivity index (χ3v) is 2.93. The molecule has 1 unspecified atom stereocenters. The molecule has 0 aliphatic carbocycles. The number of primary amides is 1. The van der Waals surface area contributed by atoms with E-state index in [1.807, 2.05) is 43.3 Å². The molecule has 0 radical (unpaired) electrons. The molecule has 1 atom stereocenters. The Balaban J connectivity index is 2.24. The summed E-state index contributed by atoms with van der Waals surface area (Å²) in [5, 5.41) is 0. The summed E-state index contributed by atoms with van der Waals surface area (Å²) in [7, 11) is 0. The molecule has 0 bridgehead atoms. The van der Waals surface area contributed by atoms with Gasteiger partial charge in [-0.05, 0) is 23.6 Å². The Morgan fingerprint density at radius 1 is 1.11 bits per heavy atom. The summed E-state index contributed by atoms with van der Waals surface area (Å²) >= 11 is 0. The molecule has 98 valence electrons. The van der Waals surface area contributed by atoms with E-state index in [4.69, 9.17) is 10.5 Å². The van der Waals surface area contributed by atoms with Gasteiger partial charge in [0.25, 0.3) is 0 Å². The lowest BCUT2D eigenvalue weighted by molar-refractivity contribution is 0.116. The van der Waals surface area contributed by atoms with E-state index in [2.05, 4.69) is 18.2 Å². The molecular weight excluding hydrogens is 238 g/mol. The summed E-state index contributed by atoms with van der Waals surface area (Å²) in [5.74, 6) is 0. The number of carbonyl (C=O) groups is 1. The van der Waals surface area contributed by atoms with Crippen LogP contribution in [0.3, 0.4) is 0 Å². The van der Waals surface area contributed by atoms with Gasteiger partial charge < -0.3 is 10.5 Å². The third kappa shape index (κ3) is 3.58. The zero-order valence-corrected chi connectivity index (χ0v) is 10.9. The van der Waals surface area contributed by atoms with E-state index in [1.54, 1.807) is 0 Å². The molecule has 1 amide bonds. The third-order valence-electron chi connectivity index (χ3n) is 2.93. The average molecular weight is 255 g/mol. The fourth-order valence-electron chi connectivity index (χ4n) is 2.15. The van der Waals surface area contributed by atoms with Crippen molar-refractivity contribution in [2.75, 3.05) is 0 Å². The molecule has 0 spiro atoms. The predicted molar refractivity (Wildman–Crippen MR) is 75.7 cm³/mol. The van der Waals surface area contributed by atoms with Crippen molar-refractivity contribution in [3.05, 3.63) is 60.2 Å². The van der Waals surface area contributed by atoms with E-state index in [0.717, 1.165) is 16.7 Å². The molecule has 3 nitrogen and oxygen atoms in total. The van der Waals surface area contributed by atoms with E-state index < -0.39 is 6.09 Å². The van der Waals surface area contributed by atoms with Crippen LogP contribution in [0.15, 0.2) is 54.6 Å². The molecule has 19 heavy (non-hydrogen) atoms. The SMILES string of the molecule is CC(Cc1ccccc1-c1ccccc1)OC(N)=O. The lowest BCUT2D eigenvalue weighted by Gasteiger charge is -2.14. The number of ether oxygens (including phenoxy) is 1. The Hall–Kier alpha value is -2.29. The first-order chi connectivity index (χ1) is 9.16. The number of hydrogen-bond acceptors (Lipinski definition) is 2. The summed E-state index contributed by atoms with van der Waals surface area (Å²) < 4.78 is 4.98. The van der Waals surface area contributed by atoms with Crippen LogP contribution in [0.25, 0.3) is 11.1 Å². The smallest absolute Gasteiger partial charge is 0.404 e. The Bertz CT molecular complexity index is 552. The minimum absolute atomic E-state index is 0.234. The Labute approximate surface area is 113 Å². The van der Waals surface area contributed by atoms with Crippen molar-refractivity contribution < 1.29 is 9.53 Å². The van der Waals surface area contributed by atoms with Crippen LogP contribution in [0, 0.1) is 0 Å². The van der Waals surface area contributed by atoms with Gasteiger partial charge in [0, 0.05) is 6.42 Å². The van der Waals surface area contributed by atoms with Crippen molar-refractivity contribution in [2.24, 2.45) is 5.73 Å². The number of carbonyl (C=O) groups excluding carboxylic acids is 1. The Morgan fingerprint density at radius 3 is 2.42 bits per heavy atom. The van der Waals surface area contributed by atoms with Crippen LogP contribution in [0.4, 0.5) is 4.79 Å². The van der Waals surface area contributed by atoms with Gasteiger partial charge in [0.2, 0.25) is 0 Å². The normalized spacial score (nSPS) is 11.8. The van der Waals surface area contributed by atoms with E-state index in [0.29, 0.717) is 6.42 Å². The first kappa shape index (κ1) is 13.1. The van der Waals surface area contributed by atoms with E-state index in [1.165, 1.54) is 0 Å². The van der Waals surface area contributed by atoms with Gasteiger partial charge in [-0.1, -0.05) is 54.6 Å². The molecule has 0 saturated heterocycles. The van der Waals surface area contributed by atoms with Crippen molar-refractivity contribution in [3.63, 3.8) is 0 Å². The monoisotopic (exact) mass is 255 g/mol. The predicted octanol–water partition coefficient (Wildman–Crippen LogP) is 3.38. The summed E-state index contributed by atoms with van der Waals surface area (Å²) in [6.07, 6.45) is -0.319. The van der Waals surface area contributed by atoms with Crippen LogP contribution >= 0.6 is 0 Å². The van der Waals surface area contributed by atoms with Gasteiger partial charge in [0.15, 0.2) is 0 Å². The highest BCUT2D eigenvalue weighted by atomic mass is 16.6. The van der Waals surface area contributed by atoms with Crippen molar-refractivity contribution >= 4 is 6.09 Å². The second-order valence-electron chi connectivity index (χ2n) is 4.47. The van der Waals surface area contributed by atoms with Gasteiger partial charge >= 0.3 is 6.09 Å². The maximum atomic E-state index is 10.8. The van der Waals surface area contributed by atoms with Gasteiger partial charge in [-0.3, -0.25) is 0 Å². The summed E-state index contributed by atoms with van der Waals surface area (Å²) in [5.41, 5.74) is 8.49. The Morgan fingerprint density at radius 2 is 1.74 bits per heavy atom. The van der Waals surface area contributed by atoms with E-state index in [-0.39, 0.29) is 6.10 Å². The fourth-order valence-corrected chi connectivity index (χ4v) is 2.15. The second kappa shape index (κ2) is 6.05. The van der Waals surface area contributed by atoms with Gasteiger partial charge in [0.05, 0.1) is 0 Å². The summed E-state index contributed by atoms with van der Waals surface area (Å²) in [4.78, 5) is 10.8. The largest absolute Gasteiger partial charge is 0.446 e. The number of benzene rings is 2. The summed E-state index contributed by atoms with van der Waals surface area (Å²) in [6.45, 7) is 1.84. The number of amides is 1. The molecule has 0 saturated carbocycles. The maximum absolute atomic E-state index is 10.8.